The van der Waals surface area contributed by atoms with Crippen molar-refractivity contribution in [1.82, 2.24) is 9.55 Å². The molecule has 96 valence electrons. The average Bonchev–Trinajstić information content (AvgIpc) is 3.09. The van der Waals surface area contributed by atoms with Gasteiger partial charge in [-0.3, -0.25) is 0 Å². The third-order valence-corrected chi connectivity index (χ3v) is 2.95. The maximum atomic E-state index is 9.00. The molecule has 3 aromatic rings. The summed E-state index contributed by atoms with van der Waals surface area (Å²) in [5, 5.41) is 9.00. The van der Waals surface area contributed by atoms with E-state index in [0.29, 0.717) is 12.3 Å². The van der Waals surface area contributed by atoms with Gasteiger partial charge >= 0.3 is 0 Å². The quantitative estimate of drug-likeness (QED) is 0.778. The number of nitrogens with zero attached hydrogens (tertiary/aromatic N) is 2. The monoisotopic (exact) mass is 254 g/mol. The molecule has 0 atom stereocenters. The molecule has 4 heteroatoms. The second kappa shape index (κ2) is 5.12. The molecule has 0 spiro atoms. The molecule has 1 aromatic carbocycles. The molecule has 2 heterocycles. The maximum absolute atomic E-state index is 9.00. The number of aliphatic hydroxyl groups excluding tert-OH is 1. The van der Waals surface area contributed by atoms with E-state index in [9.17, 15) is 0 Å². The van der Waals surface area contributed by atoms with Gasteiger partial charge in [0.1, 0.15) is 24.0 Å². The van der Waals surface area contributed by atoms with Gasteiger partial charge in [-0.1, -0.05) is 30.3 Å². The Kier molecular flexibility index (Phi) is 3.16. The number of aromatic nitrogens is 2. The van der Waals surface area contributed by atoms with Crippen LogP contribution in [-0.2, 0) is 13.2 Å². The van der Waals surface area contributed by atoms with Crippen molar-refractivity contribution in [1.29, 1.82) is 0 Å². The third kappa shape index (κ3) is 2.44. The number of benzene rings is 1. The van der Waals surface area contributed by atoms with E-state index in [1.807, 2.05) is 47.2 Å². The van der Waals surface area contributed by atoms with E-state index in [-0.39, 0.29) is 6.61 Å². The number of furan rings is 1. The lowest BCUT2D eigenvalue weighted by Crippen LogP contribution is -2.00. The average molecular weight is 254 g/mol. The van der Waals surface area contributed by atoms with Crippen LogP contribution < -0.4 is 0 Å². The van der Waals surface area contributed by atoms with Crippen LogP contribution in [0, 0.1) is 0 Å². The van der Waals surface area contributed by atoms with E-state index in [1.165, 1.54) is 0 Å². The van der Waals surface area contributed by atoms with Crippen molar-refractivity contribution in [2.24, 2.45) is 0 Å². The number of hydrogen-bond acceptors (Lipinski definition) is 3. The molecule has 0 fully saturated rings. The Balaban J connectivity index is 1.88. The first-order valence-corrected chi connectivity index (χ1v) is 6.12. The Morgan fingerprint density at radius 2 is 1.84 bits per heavy atom. The van der Waals surface area contributed by atoms with Crippen LogP contribution in [0.1, 0.15) is 11.5 Å². The van der Waals surface area contributed by atoms with Crippen molar-refractivity contribution in [2.75, 3.05) is 0 Å². The van der Waals surface area contributed by atoms with Crippen LogP contribution in [0.4, 0.5) is 0 Å². The van der Waals surface area contributed by atoms with Crippen LogP contribution in [-0.4, -0.2) is 14.7 Å². The van der Waals surface area contributed by atoms with Crippen LogP contribution >= 0.6 is 0 Å². The minimum atomic E-state index is -0.0739. The molecule has 3 rings (SSSR count). The molecule has 0 bridgehead atoms. The first-order valence-electron chi connectivity index (χ1n) is 6.12. The predicted molar refractivity (Wildman–Crippen MR) is 71.4 cm³/mol. The highest BCUT2D eigenvalue weighted by atomic mass is 16.4. The summed E-state index contributed by atoms with van der Waals surface area (Å²) in [7, 11) is 0. The van der Waals surface area contributed by atoms with Crippen LogP contribution in [0.2, 0.25) is 0 Å². The zero-order chi connectivity index (χ0) is 13.1. The first kappa shape index (κ1) is 11.7. The van der Waals surface area contributed by atoms with Gasteiger partial charge in [-0.2, -0.15) is 0 Å². The summed E-state index contributed by atoms with van der Waals surface area (Å²) in [5.74, 6) is 2.29. The minimum Gasteiger partial charge on any atom is -0.462 e. The summed E-state index contributed by atoms with van der Waals surface area (Å²) in [6.45, 7) is 0.527. The normalized spacial score (nSPS) is 10.8. The van der Waals surface area contributed by atoms with Gasteiger partial charge in [0.05, 0.1) is 6.54 Å². The highest BCUT2D eigenvalue weighted by Crippen LogP contribution is 2.18. The SMILES string of the molecule is OCc1ccc(Cn2ccnc2-c2ccccc2)o1. The molecule has 0 radical (unpaired) electrons. The van der Waals surface area contributed by atoms with E-state index in [2.05, 4.69) is 4.98 Å². The standard InChI is InChI=1S/C15H14N2O2/c18-11-14-7-6-13(19-14)10-17-9-8-16-15(17)12-4-2-1-3-5-12/h1-9,18H,10-11H2. The third-order valence-electron chi connectivity index (χ3n) is 2.95. The minimum absolute atomic E-state index is 0.0739. The predicted octanol–water partition coefficient (Wildman–Crippen LogP) is 2.68. The lowest BCUT2D eigenvalue weighted by atomic mass is 10.2. The van der Waals surface area contributed by atoms with Gasteiger partial charge in [-0.05, 0) is 12.1 Å². The lowest BCUT2D eigenvalue weighted by molar-refractivity contribution is 0.243. The second-order valence-corrected chi connectivity index (χ2v) is 4.27. The van der Waals surface area contributed by atoms with Crippen molar-refractivity contribution < 1.29 is 9.52 Å². The van der Waals surface area contributed by atoms with E-state index in [1.54, 1.807) is 12.3 Å². The fourth-order valence-electron chi connectivity index (χ4n) is 2.04. The van der Waals surface area contributed by atoms with Crippen molar-refractivity contribution in [3.05, 3.63) is 66.4 Å². The number of rotatable bonds is 4. The van der Waals surface area contributed by atoms with Gasteiger partial charge in [-0.25, -0.2) is 4.98 Å². The van der Waals surface area contributed by atoms with Crippen molar-refractivity contribution in [3.63, 3.8) is 0 Å². The molecule has 0 aliphatic heterocycles. The highest BCUT2D eigenvalue weighted by Gasteiger charge is 2.08. The van der Waals surface area contributed by atoms with Crippen LogP contribution in [0.5, 0.6) is 0 Å². The molecule has 2 aromatic heterocycles. The van der Waals surface area contributed by atoms with E-state index in [4.69, 9.17) is 9.52 Å². The first-order chi connectivity index (χ1) is 9.36. The van der Waals surface area contributed by atoms with Crippen molar-refractivity contribution >= 4 is 0 Å². The lowest BCUT2D eigenvalue weighted by Gasteiger charge is -2.06. The Morgan fingerprint density at radius 3 is 2.58 bits per heavy atom. The molecular formula is C15H14N2O2. The summed E-state index contributed by atoms with van der Waals surface area (Å²) < 4.78 is 7.52. The summed E-state index contributed by atoms with van der Waals surface area (Å²) in [4.78, 5) is 4.38. The molecule has 0 saturated heterocycles. The highest BCUT2D eigenvalue weighted by molar-refractivity contribution is 5.55. The van der Waals surface area contributed by atoms with E-state index < -0.39 is 0 Å². The largest absolute Gasteiger partial charge is 0.462 e. The molecule has 19 heavy (non-hydrogen) atoms. The Morgan fingerprint density at radius 1 is 1.05 bits per heavy atom. The molecule has 0 aliphatic rings. The Labute approximate surface area is 111 Å². The summed E-state index contributed by atoms with van der Waals surface area (Å²) in [5.41, 5.74) is 1.07. The van der Waals surface area contributed by atoms with Gasteiger partial charge in [0.15, 0.2) is 0 Å². The maximum Gasteiger partial charge on any atom is 0.140 e. The van der Waals surface area contributed by atoms with Crippen LogP contribution in [0.3, 0.4) is 0 Å². The number of hydrogen-bond donors (Lipinski definition) is 1. The summed E-state index contributed by atoms with van der Waals surface area (Å²) in [6, 6.07) is 13.7. The van der Waals surface area contributed by atoms with Gasteiger partial charge in [0.25, 0.3) is 0 Å². The molecule has 1 N–H and O–H groups in total. The van der Waals surface area contributed by atoms with E-state index >= 15 is 0 Å². The fraction of sp³-hybridized carbons (Fsp3) is 0.133. The molecule has 4 nitrogen and oxygen atoms in total. The number of imidazole rings is 1. The van der Waals surface area contributed by atoms with Gasteiger partial charge in [0, 0.05) is 18.0 Å². The van der Waals surface area contributed by atoms with Gasteiger partial charge < -0.3 is 14.1 Å². The fourth-order valence-corrected chi connectivity index (χ4v) is 2.04. The molecule has 0 saturated carbocycles. The zero-order valence-corrected chi connectivity index (χ0v) is 10.4. The summed E-state index contributed by atoms with van der Waals surface area (Å²) >= 11 is 0. The molecule has 0 aliphatic carbocycles. The number of aliphatic hydroxyl groups is 1. The summed E-state index contributed by atoms with van der Waals surface area (Å²) in [6.07, 6.45) is 3.70. The molecular weight excluding hydrogens is 240 g/mol. The van der Waals surface area contributed by atoms with Gasteiger partial charge in [0.2, 0.25) is 0 Å². The van der Waals surface area contributed by atoms with Crippen molar-refractivity contribution in [2.45, 2.75) is 13.2 Å². The van der Waals surface area contributed by atoms with Gasteiger partial charge in [-0.15, -0.1) is 0 Å². The van der Waals surface area contributed by atoms with Crippen LogP contribution in [0.25, 0.3) is 11.4 Å². The molecule has 0 unspecified atom stereocenters. The Bertz CT molecular complexity index is 656. The zero-order valence-electron chi connectivity index (χ0n) is 10.4. The van der Waals surface area contributed by atoms with Crippen molar-refractivity contribution in [3.8, 4) is 11.4 Å². The smallest absolute Gasteiger partial charge is 0.140 e. The second-order valence-electron chi connectivity index (χ2n) is 4.27. The molecule has 0 amide bonds. The van der Waals surface area contributed by atoms with E-state index in [0.717, 1.165) is 17.1 Å². The Hall–Kier alpha value is -2.33. The topological polar surface area (TPSA) is 51.2 Å². The van der Waals surface area contributed by atoms with Crippen LogP contribution in [0.15, 0.2) is 59.3 Å².